The molecule has 4 nitrogen and oxygen atoms in total. The van der Waals surface area contributed by atoms with E-state index in [0.717, 1.165) is 17.0 Å². The van der Waals surface area contributed by atoms with E-state index in [0.29, 0.717) is 18.8 Å². The number of rotatable bonds is 5. The van der Waals surface area contributed by atoms with E-state index in [2.05, 4.69) is 10.4 Å². The molecule has 0 aliphatic rings. The molecular formula is C14H16ClN3O. The van der Waals surface area contributed by atoms with Crippen LogP contribution in [0.4, 0.5) is 5.82 Å². The predicted octanol–water partition coefficient (Wildman–Crippen LogP) is 3.32. The van der Waals surface area contributed by atoms with E-state index in [-0.39, 0.29) is 5.91 Å². The number of nitrogens with zero attached hydrogens (tertiary/aromatic N) is 2. The van der Waals surface area contributed by atoms with Gasteiger partial charge in [-0.2, -0.15) is 5.10 Å². The van der Waals surface area contributed by atoms with E-state index in [9.17, 15) is 4.79 Å². The average Bonchev–Trinajstić information content (AvgIpc) is 2.80. The topological polar surface area (TPSA) is 46.9 Å². The van der Waals surface area contributed by atoms with Crippen molar-refractivity contribution in [1.29, 1.82) is 0 Å². The molecule has 100 valence electrons. The van der Waals surface area contributed by atoms with Crippen LogP contribution in [-0.2, 0) is 11.3 Å². The Kier molecular flexibility index (Phi) is 4.58. The Morgan fingerprint density at radius 3 is 2.89 bits per heavy atom. The van der Waals surface area contributed by atoms with E-state index < -0.39 is 0 Å². The summed E-state index contributed by atoms with van der Waals surface area (Å²) in [4.78, 5) is 11.5. The highest BCUT2D eigenvalue weighted by Gasteiger charge is 2.05. The third-order valence-corrected chi connectivity index (χ3v) is 3.04. The lowest BCUT2D eigenvalue weighted by atomic mass is 10.2. The maximum atomic E-state index is 11.5. The zero-order valence-electron chi connectivity index (χ0n) is 10.8. The van der Waals surface area contributed by atoms with E-state index in [1.807, 2.05) is 37.4 Å². The van der Waals surface area contributed by atoms with E-state index in [4.69, 9.17) is 11.6 Å². The highest BCUT2D eigenvalue weighted by atomic mass is 35.5. The van der Waals surface area contributed by atoms with Gasteiger partial charge in [0.15, 0.2) is 5.82 Å². The third kappa shape index (κ3) is 3.83. The molecule has 0 aliphatic heterocycles. The summed E-state index contributed by atoms with van der Waals surface area (Å²) in [6.07, 6.45) is 3.16. The first-order chi connectivity index (χ1) is 9.19. The van der Waals surface area contributed by atoms with Crippen molar-refractivity contribution < 1.29 is 4.79 Å². The second kappa shape index (κ2) is 6.38. The molecule has 1 amide bonds. The maximum absolute atomic E-state index is 11.5. The van der Waals surface area contributed by atoms with Crippen LogP contribution in [0.2, 0.25) is 5.02 Å². The van der Waals surface area contributed by atoms with Gasteiger partial charge < -0.3 is 5.32 Å². The van der Waals surface area contributed by atoms with Crippen molar-refractivity contribution in [3.8, 4) is 0 Å². The van der Waals surface area contributed by atoms with E-state index in [1.165, 1.54) is 0 Å². The smallest absolute Gasteiger partial charge is 0.225 e. The zero-order chi connectivity index (χ0) is 13.7. The lowest BCUT2D eigenvalue weighted by Gasteiger charge is -2.04. The monoisotopic (exact) mass is 277 g/mol. The van der Waals surface area contributed by atoms with E-state index >= 15 is 0 Å². The molecule has 0 radical (unpaired) electrons. The number of carbonyl (C=O) groups is 1. The van der Waals surface area contributed by atoms with Gasteiger partial charge in [0.2, 0.25) is 5.91 Å². The molecule has 2 aromatic rings. The summed E-state index contributed by atoms with van der Waals surface area (Å²) in [6, 6.07) is 9.42. The first-order valence-electron chi connectivity index (χ1n) is 6.25. The number of aromatic nitrogens is 2. The number of anilines is 1. The van der Waals surface area contributed by atoms with Crippen molar-refractivity contribution in [3.63, 3.8) is 0 Å². The second-order valence-electron chi connectivity index (χ2n) is 4.29. The van der Waals surface area contributed by atoms with Gasteiger partial charge in [0, 0.05) is 23.7 Å². The molecule has 19 heavy (non-hydrogen) atoms. The molecule has 1 N–H and O–H groups in total. The summed E-state index contributed by atoms with van der Waals surface area (Å²) < 4.78 is 1.75. The van der Waals surface area contributed by atoms with Crippen LogP contribution in [0.5, 0.6) is 0 Å². The van der Waals surface area contributed by atoms with Crippen molar-refractivity contribution in [2.24, 2.45) is 0 Å². The minimum Gasteiger partial charge on any atom is -0.309 e. The molecule has 1 aromatic carbocycles. The highest BCUT2D eigenvalue weighted by molar-refractivity contribution is 6.31. The van der Waals surface area contributed by atoms with Crippen LogP contribution in [0.15, 0.2) is 36.5 Å². The molecule has 2 rings (SSSR count). The number of hydrogen-bond donors (Lipinski definition) is 1. The zero-order valence-corrected chi connectivity index (χ0v) is 11.5. The van der Waals surface area contributed by atoms with Crippen LogP contribution in [0, 0.1) is 0 Å². The number of hydrogen-bond acceptors (Lipinski definition) is 2. The van der Waals surface area contributed by atoms with Crippen LogP contribution in [-0.4, -0.2) is 15.7 Å². The molecule has 0 bridgehead atoms. The number of nitrogens with one attached hydrogen (secondary N) is 1. The fourth-order valence-electron chi connectivity index (χ4n) is 1.75. The number of benzene rings is 1. The van der Waals surface area contributed by atoms with Crippen LogP contribution < -0.4 is 5.32 Å². The Morgan fingerprint density at radius 1 is 1.37 bits per heavy atom. The van der Waals surface area contributed by atoms with Crippen LogP contribution in [0.1, 0.15) is 25.3 Å². The standard InChI is InChI=1S/C14H16ClN3O/c1-2-5-14(19)16-13-8-9-18(17-13)10-11-6-3-4-7-12(11)15/h3-4,6-9H,2,5,10H2,1H3,(H,16,17,19). The summed E-state index contributed by atoms with van der Waals surface area (Å²) in [6.45, 7) is 2.55. The summed E-state index contributed by atoms with van der Waals surface area (Å²) in [5, 5.41) is 7.77. The van der Waals surface area contributed by atoms with Gasteiger partial charge in [-0.15, -0.1) is 0 Å². The van der Waals surface area contributed by atoms with Gasteiger partial charge in [-0.1, -0.05) is 36.7 Å². The normalized spacial score (nSPS) is 10.4. The number of carbonyl (C=O) groups excluding carboxylic acids is 1. The van der Waals surface area contributed by atoms with Crippen LogP contribution in [0.3, 0.4) is 0 Å². The first kappa shape index (κ1) is 13.6. The summed E-state index contributed by atoms with van der Waals surface area (Å²) in [5.74, 6) is 0.566. The molecule has 0 fully saturated rings. The molecular weight excluding hydrogens is 262 g/mol. The van der Waals surface area contributed by atoms with Gasteiger partial charge >= 0.3 is 0 Å². The number of amides is 1. The third-order valence-electron chi connectivity index (χ3n) is 2.68. The van der Waals surface area contributed by atoms with Crippen molar-refractivity contribution in [2.75, 3.05) is 5.32 Å². The summed E-state index contributed by atoms with van der Waals surface area (Å²) in [7, 11) is 0. The fraction of sp³-hybridized carbons (Fsp3) is 0.286. The van der Waals surface area contributed by atoms with Crippen LogP contribution in [0.25, 0.3) is 0 Å². The Morgan fingerprint density at radius 2 is 2.16 bits per heavy atom. The molecule has 5 heteroatoms. The van der Waals surface area contributed by atoms with Gasteiger partial charge in [-0.3, -0.25) is 9.48 Å². The molecule has 0 atom stereocenters. The minimum atomic E-state index is -0.00880. The van der Waals surface area contributed by atoms with Crippen molar-refractivity contribution in [3.05, 3.63) is 47.1 Å². The van der Waals surface area contributed by atoms with Crippen molar-refractivity contribution in [2.45, 2.75) is 26.3 Å². The van der Waals surface area contributed by atoms with Crippen LogP contribution >= 0.6 is 11.6 Å². The van der Waals surface area contributed by atoms with Gasteiger partial charge in [0.25, 0.3) is 0 Å². The molecule has 0 saturated heterocycles. The molecule has 0 aliphatic carbocycles. The van der Waals surface area contributed by atoms with Gasteiger partial charge in [0.05, 0.1) is 6.54 Å². The van der Waals surface area contributed by atoms with E-state index in [1.54, 1.807) is 10.7 Å². The summed E-state index contributed by atoms with van der Waals surface area (Å²) in [5.41, 5.74) is 0.999. The lowest BCUT2D eigenvalue weighted by molar-refractivity contribution is -0.116. The second-order valence-corrected chi connectivity index (χ2v) is 4.70. The van der Waals surface area contributed by atoms with Gasteiger partial charge in [0.1, 0.15) is 0 Å². The predicted molar refractivity (Wildman–Crippen MR) is 76.3 cm³/mol. The summed E-state index contributed by atoms with van der Waals surface area (Å²) >= 11 is 6.10. The Labute approximate surface area is 117 Å². The lowest BCUT2D eigenvalue weighted by Crippen LogP contribution is -2.11. The largest absolute Gasteiger partial charge is 0.309 e. The Hall–Kier alpha value is -1.81. The SMILES string of the molecule is CCCC(=O)Nc1ccn(Cc2ccccc2Cl)n1. The molecule has 0 unspecified atom stereocenters. The van der Waals surface area contributed by atoms with Gasteiger partial charge in [-0.25, -0.2) is 0 Å². The first-order valence-corrected chi connectivity index (χ1v) is 6.63. The highest BCUT2D eigenvalue weighted by Crippen LogP contribution is 2.16. The molecule has 0 spiro atoms. The Balaban J connectivity index is 2.02. The molecule has 1 heterocycles. The quantitative estimate of drug-likeness (QED) is 0.911. The average molecular weight is 278 g/mol. The molecule has 0 saturated carbocycles. The number of halogens is 1. The van der Waals surface area contributed by atoms with Crippen molar-refractivity contribution >= 4 is 23.3 Å². The fourth-order valence-corrected chi connectivity index (χ4v) is 1.95. The Bertz CT molecular complexity index is 565. The van der Waals surface area contributed by atoms with Crippen molar-refractivity contribution in [1.82, 2.24) is 9.78 Å². The minimum absolute atomic E-state index is 0.00880. The van der Waals surface area contributed by atoms with Gasteiger partial charge in [-0.05, 0) is 18.1 Å². The maximum Gasteiger partial charge on any atom is 0.225 e. The molecule has 1 aromatic heterocycles.